The number of aromatic hydroxyl groups is 1. The van der Waals surface area contributed by atoms with Crippen LogP contribution in [-0.4, -0.2) is 53.9 Å². The van der Waals surface area contributed by atoms with Gasteiger partial charge in [-0.1, -0.05) is 12.1 Å². The van der Waals surface area contributed by atoms with Crippen molar-refractivity contribution in [1.29, 1.82) is 0 Å². The van der Waals surface area contributed by atoms with E-state index in [2.05, 4.69) is 9.88 Å². The lowest BCUT2D eigenvalue weighted by Gasteiger charge is -2.36. The largest absolute Gasteiger partial charge is 0.506 e. The van der Waals surface area contributed by atoms with E-state index in [0.29, 0.717) is 17.0 Å². The van der Waals surface area contributed by atoms with E-state index >= 15 is 0 Å². The summed E-state index contributed by atoms with van der Waals surface area (Å²) in [5.41, 5.74) is 3.54. The monoisotopic (exact) mass is 370 g/mol. The van der Waals surface area contributed by atoms with Gasteiger partial charge in [-0.25, -0.2) is 0 Å². The van der Waals surface area contributed by atoms with Gasteiger partial charge in [-0.15, -0.1) is 0 Å². The van der Waals surface area contributed by atoms with Gasteiger partial charge >= 0.3 is 0 Å². The van der Waals surface area contributed by atoms with Crippen LogP contribution in [0.5, 0.6) is 5.75 Å². The highest BCUT2D eigenvalue weighted by molar-refractivity contribution is 6.04. The van der Waals surface area contributed by atoms with E-state index in [1.807, 2.05) is 39.0 Å². The second-order valence-electron chi connectivity index (χ2n) is 7.40. The molecule has 2 heterocycles. The SMILES string of the molecule is CC(=O)c1c(C)[nH]c(C(=O)[C@H](C)[NH+]2CCN(c3ccccc3O)CC2)c1C. The lowest BCUT2D eigenvalue weighted by Crippen LogP contribution is -3.18. The topological polar surface area (TPSA) is 77.8 Å². The Morgan fingerprint density at radius 1 is 1.19 bits per heavy atom. The van der Waals surface area contributed by atoms with Crippen LogP contribution >= 0.6 is 0 Å². The first-order valence-electron chi connectivity index (χ1n) is 9.43. The second-order valence-corrected chi connectivity index (χ2v) is 7.40. The number of rotatable bonds is 5. The third-order valence-electron chi connectivity index (χ3n) is 5.67. The molecule has 0 unspecified atom stereocenters. The molecule has 0 saturated carbocycles. The van der Waals surface area contributed by atoms with Crippen LogP contribution in [0.25, 0.3) is 0 Å². The first-order valence-corrected chi connectivity index (χ1v) is 9.43. The highest BCUT2D eigenvalue weighted by atomic mass is 16.3. The number of anilines is 1. The maximum Gasteiger partial charge on any atom is 0.235 e. The van der Waals surface area contributed by atoms with E-state index in [0.717, 1.165) is 43.1 Å². The van der Waals surface area contributed by atoms with Crippen molar-refractivity contribution in [3.63, 3.8) is 0 Å². The van der Waals surface area contributed by atoms with Crippen molar-refractivity contribution in [2.75, 3.05) is 31.1 Å². The zero-order valence-corrected chi connectivity index (χ0v) is 16.4. The predicted molar refractivity (Wildman–Crippen MR) is 105 cm³/mol. The molecule has 144 valence electrons. The van der Waals surface area contributed by atoms with Gasteiger partial charge in [-0.3, -0.25) is 9.59 Å². The lowest BCUT2D eigenvalue weighted by atomic mass is 10.0. The average Bonchev–Trinajstić information content (AvgIpc) is 2.95. The van der Waals surface area contributed by atoms with Crippen LogP contribution in [0.15, 0.2) is 24.3 Å². The number of aryl methyl sites for hydroxylation is 1. The zero-order valence-electron chi connectivity index (χ0n) is 16.4. The Labute approximate surface area is 159 Å². The van der Waals surface area contributed by atoms with Crippen molar-refractivity contribution in [2.45, 2.75) is 33.7 Å². The summed E-state index contributed by atoms with van der Waals surface area (Å²) < 4.78 is 0. The minimum Gasteiger partial charge on any atom is -0.506 e. The Hall–Kier alpha value is -2.60. The van der Waals surface area contributed by atoms with Crippen molar-refractivity contribution >= 4 is 17.3 Å². The summed E-state index contributed by atoms with van der Waals surface area (Å²) in [7, 11) is 0. The highest BCUT2D eigenvalue weighted by Gasteiger charge is 2.32. The molecule has 3 rings (SSSR count). The molecule has 1 fully saturated rings. The summed E-state index contributed by atoms with van der Waals surface area (Å²) in [4.78, 5) is 31.4. The fourth-order valence-corrected chi connectivity index (χ4v) is 4.13. The standard InChI is InChI=1S/C21H27N3O3/c1-13-19(16(4)25)14(2)22-20(13)21(27)15(3)23-9-11-24(12-10-23)17-7-5-6-8-18(17)26/h5-8,15,22,26H,9-12H2,1-4H3/p+1/t15-/m0/s1. The minimum absolute atomic E-state index is 0.0171. The van der Waals surface area contributed by atoms with E-state index in [1.165, 1.54) is 11.8 Å². The maximum atomic E-state index is 13.0. The van der Waals surface area contributed by atoms with Crippen LogP contribution in [-0.2, 0) is 0 Å². The Bertz CT molecular complexity index is 864. The van der Waals surface area contributed by atoms with Crippen LogP contribution < -0.4 is 9.80 Å². The molecule has 1 aromatic carbocycles. The fraction of sp³-hybridized carbons (Fsp3) is 0.429. The van der Waals surface area contributed by atoms with E-state index in [-0.39, 0.29) is 17.6 Å². The molecule has 0 amide bonds. The number of para-hydroxylation sites is 2. The molecule has 2 aromatic rings. The Morgan fingerprint density at radius 3 is 2.37 bits per heavy atom. The van der Waals surface area contributed by atoms with Gasteiger partial charge < -0.3 is 19.9 Å². The first-order chi connectivity index (χ1) is 12.8. The Balaban J connectivity index is 1.70. The van der Waals surface area contributed by atoms with E-state index in [9.17, 15) is 14.7 Å². The molecule has 6 nitrogen and oxygen atoms in total. The third-order valence-corrected chi connectivity index (χ3v) is 5.67. The Morgan fingerprint density at radius 2 is 1.81 bits per heavy atom. The number of benzene rings is 1. The molecular weight excluding hydrogens is 342 g/mol. The summed E-state index contributed by atoms with van der Waals surface area (Å²) >= 11 is 0. The van der Waals surface area contributed by atoms with Gasteiger partial charge in [0.15, 0.2) is 11.8 Å². The number of aromatic amines is 1. The highest BCUT2D eigenvalue weighted by Crippen LogP contribution is 2.26. The number of phenols is 1. The summed E-state index contributed by atoms with van der Waals surface area (Å²) in [5, 5.41) is 10.0. The van der Waals surface area contributed by atoms with Gasteiger partial charge in [-0.2, -0.15) is 0 Å². The lowest BCUT2D eigenvalue weighted by molar-refractivity contribution is -0.914. The van der Waals surface area contributed by atoms with Crippen molar-refractivity contribution in [2.24, 2.45) is 0 Å². The third kappa shape index (κ3) is 3.62. The smallest absolute Gasteiger partial charge is 0.235 e. The van der Waals surface area contributed by atoms with Gasteiger partial charge in [0, 0.05) is 11.3 Å². The van der Waals surface area contributed by atoms with Crippen molar-refractivity contribution in [1.82, 2.24) is 4.98 Å². The number of quaternary nitrogens is 1. The summed E-state index contributed by atoms with van der Waals surface area (Å²) in [6.07, 6.45) is 0. The van der Waals surface area contributed by atoms with E-state index in [4.69, 9.17) is 0 Å². The van der Waals surface area contributed by atoms with Crippen LogP contribution in [0, 0.1) is 13.8 Å². The maximum absolute atomic E-state index is 13.0. The summed E-state index contributed by atoms with van der Waals surface area (Å²) in [6, 6.07) is 7.17. The molecule has 1 aliphatic heterocycles. The normalized spacial score (nSPS) is 16.4. The molecule has 0 bridgehead atoms. The van der Waals surface area contributed by atoms with Gasteiger partial charge in [0.1, 0.15) is 5.75 Å². The summed E-state index contributed by atoms with van der Waals surface area (Å²) in [6.45, 7) is 10.4. The first kappa shape index (κ1) is 19.2. The number of piperazine rings is 1. The molecule has 0 aliphatic carbocycles. The molecule has 0 radical (unpaired) electrons. The van der Waals surface area contributed by atoms with E-state index < -0.39 is 0 Å². The molecule has 1 aromatic heterocycles. The number of nitrogens with zero attached hydrogens (tertiary/aromatic N) is 1. The fourth-order valence-electron chi connectivity index (χ4n) is 4.13. The minimum atomic E-state index is -0.187. The number of nitrogens with one attached hydrogen (secondary N) is 2. The number of ketones is 2. The number of Topliss-reactive ketones (excluding diaryl/α,β-unsaturated/α-hetero) is 2. The molecule has 1 saturated heterocycles. The van der Waals surface area contributed by atoms with Crippen molar-refractivity contribution < 1.29 is 19.6 Å². The van der Waals surface area contributed by atoms with Crippen molar-refractivity contribution in [3.8, 4) is 5.75 Å². The molecule has 3 N–H and O–H groups in total. The number of aromatic nitrogens is 1. The number of phenolic OH excluding ortho intramolecular Hbond substituents is 1. The number of H-pyrrole nitrogens is 1. The van der Waals surface area contributed by atoms with Crippen molar-refractivity contribution in [3.05, 3.63) is 46.8 Å². The number of hydrogen-bond donors (Lipinski definition) is 3. The zero-order chi connectivity index (χ0) is 19.7. The summed E-state index contributed by atoms with van der Waals surface area (Å²) in [5.74, 6) is 0.324. The molecule has 6 heteroatoms. The van der Waals surface area contributed by atoms with Gasteiger partial charge in [0.2, 0.25) is 5.78 Å². The van der Waals surface area contributed by atoms with Crippen LogP contribution in [0.3, 0.4) is 0 Å². The van der Waals surface area contributed by atoms with E-state index in [1.54, 1.807) is 6.07 Å². The quantitative estimate of drug-likeness (QED) is 0.698. The van der Waals surface area contributed by atoms with Crippen LogP contribution in [0.2, 0.25) is 0 Å². The number of carbonyl (C=O) groups is 2. The predicted octanol–water partition coefficient (Wildman–Crippen LogP) is 1.52. The average molecular weight is 370 g/mol. The number of hydrogen-bond acceptors (Lipinski definition) is 4. The molecule has 0 spiro atoms. The van der Waals surface area contributed by atoms with Gasteiger partial charge in [0.05, 0.1) is 37.6 Å². The van der Waals surface area contributed by atoms with Crippen LogP contribution in [0.4, 0.5) is 5.69 Å². The van der Waals surface area contributed by atoms with Crippen LogP contribution in [0.1, 0.15) is 46.0 Å². The molecule has 1 aliphatic rings. The molecule has 1 atom stereocenters. The second kappa shape index (κ2) is 7.56. The van der Waals surface area contributed by atoms with Gasteiger partial charge in [-0.05, 0) is 45.4 Å². The number of carbonyl (C=O) groups excluding carboxylic acids is 2. The molecular formula is C21H28N3O3+. The molecule has 27 heavy (non-hydrogen) atoms. The Kier molecular flexibility index (Phi) is 5.37. The van der Waals surface area contributed by atoms with Gasteiger partial charge in [0.25, 0.3) is 0 Å².